The topological polar surface area (TPSA) is 63.7 Å². The molecule has 1 aromatic rings. The van der Waals surface area contributed by atoms with Crippen molar-refractivity contribution in [2.75, 3.05) is 25.5 Å². The highest BCUT2D eigenvalue weighted by atomic mass is 15.9. The molecular weight excluding hydrogens is 240 g/mol. The average Bonchev–Trinajstić information content (AvgIpc) is 2.87. The standard InChI is InChI=1S/C13H20N6/c1-19-17-13(16-18-19)10-2-4-11(5-3-10)15-12-6-8-14-9-7-12/h2-5,12,14-15,18H,6-9H2,1H3,(H,16,17). The lowest BCUT2D eigenvalue weighted by atomic mass is 10.1. The second-order valence-electron chi connectivity index (χ2n) is 4.98. The summed E-state index contributed by atoms with van der Waals surface area (Å²) in [6.45, 7) is 2.21. The summed E-state index contributed by atoms with van der Waals surface area (Å²) in [5.41, 5.74) is 8.20. The van der Waals surface area contributed by atoms with E-state index in [2.05, 4.69) is 51.0 Å². The molecule has 0 bridgehead atoms. The van der Waals surface area contributed by atoms with E-state index in [9.17, 15) is 0 Å². The molecule has 1 aromatic carbocycles. The molecule has 0 atom stereocenters. The van der Waals surface area contributed by atoms with E-state index in [1.165, 1.54) is 18.5 Å². The van der Waals surface area contributed by atoms with E-state index in [0.29, 0.717) is 6.04 Å². The van der Waals surface area contributed by atoms with Gasteiger partial charge in [-0.3, -0.25) is 5.43 Å². The number of benzene rings is 1. The molecular formula is C13H20N6. The van der Waals surface area contributed by atoms with Crippen molar-refractivity contribution in [3.8, 4) is 0 Å². The van der Waals surface area contributed by atoms with E-state index >= 15 is 0 Å². The first-order valence-electron chi connectivity index (χ1n) is 6.73. The van der Waals surface area contributed by atoms with Crippen LogP contribution in [0.4, 0.5) is 5.69 Å². The van der Waals surface area contributed by atoms with Gasteiger partial charge < -0.3 is 10.6 Å². The Balaban J connectivity index is 1.62. The number of hydrazone groups is 1. The Morgan fingerprint density at radius 1 is 1.21 bits per heavy atom. The predicted molar refractivity (Wildman–Crippen MR) is 76.5 cm³/mol. The summed E-state index contributed by atoms with van der Waals surface area (Å²) in [5, 5.41) is 12.9. The highest BCUT2D eigenvalue weighted by Crippen LogP contribution is 2.15. The summed E-state index contributed by atoms with van der Waals surface area (Å²) in [6, 6.07) is 8.97. The molecule has 1 saturated heterocycles. The summed E-state index contributed by atoms with van der Waals surface area (Å²) in [6.07, 6.45) is 2.37. The molecule has 1 fully saturated rings. The number of rotatable bonds is 3. The van der Waals surface area contributed by atoms with Gasteiger partial charge in [-0.2, -0.15) is 0 Å². The van der Waals surface area contributed by atoms with Crippen LogP contribution in [0.15, 0.2) is 29.4 Å². The van der Waals surface area contributed by atoms with Crippen LogP contribution in [0.2, 0.25) is 0 Å². The molecule has 2 aliphatic rings. The van der Waals surface area contributed by atoms with E-state index in [1.807, 2.05) is 7.05 Å². The first kappa shape index (κ1) is 12.3. The summed E-state index contributed by atoms with van der Waals surface area (Å²) < 4.78 is 0. The lowest BCUT2D eigenvalue weighted by Crippen LogP contribution is -2.37. The maximum Gasteiger partial charge on any atom is 0.170 e. The monoisotopic (exact) mass is 260 g/mol. The number of nitrogens with one attached hydrogen (secondary N) is 4. The zero-order chi connectivity index (χ0) is 13.1. The van der Waals surface area contributed by atoms with E-state index in [-0.39, 0.29) is 0 Å². The van der Waals surface area contributed by atoms with Crippen molar-refractivity contribution in [2.45, 2.75) is 18.9 Å². The number of amidine groups is 1. The van der Waals surface area contributed by atoms with Crippen LogP contribution in [0, 0.1) is 0 Å². The van der Waals surface area contributed by atoms with Crippen LogP contribution in [0.25, 0.3) is 0 Å². The third-order valence-corrected chi connectivity index (χ3v) is 3.45. The van der Waals surface area contributed by atoms with E-state index in [0.717, 1.165) is 24.5 Å². The summed E-state index contributed by atoms with van der Waals surface area (Å²) in [5.74, 6) is 0.843. The molecule has 6 heteroatoms. The van der Waals surface area contributed by atoms with E-state index < -0.39 is 0 Å². The van der Waals surface area contributed by atoms with Crippen molar-refractivity contribution in [3.63, 3.8) is 0 Å². The lowest BCUT2D eigenvalue weighted by molar-refractivity contribution is 0.232. The molecule has 4 N–H and O–H groups in total. The van der Waals surface area contributed by atoms with Crippen molar-refractivity contribution in [2.24, 2.45) is 5.10 Å². The summed E-state index contributed by atoms with van der Waals surface area (Å²) in [7, 11) is 1.88. The van der Waals surface area contributed by atoms with Crippen molar-refractivity contribution in [1.29, 1.82) is 0 Å². The Hall–Kier alpha value is -1.79. The van der Waals surface area contributed by atoms with Crippen LogP contribution in [0.1, 0.15) is 18.4 Å². The van der Waals surface area contributed by atoms with Gasteiger partial charge >= 0.3 is 0 Å². The Bertz CT molecular complexity index is 449. The molecule has 2 aliphatic heterocycles. The Morgan fingerprint density at radius 2 is 1.95 bits per heavy atom. The molecule has 3 rings (SSSR count). The molecule has 0 radical (unpaired) electrons. The highest BCUT2D eigenvalue weighted by Gasteiger charge is 2.14. The molecule has 19 heavy (non-hydrogen) atoms. The number of hydrogen-bond donors (Lipinski definition) is 4. The molecule has 102 valence electrons. The van der Waals surface area contributed by atoms with Gasteiger partial charge in [-0.1, -0.05) is 0 Å². The molecule has 0 amide bonds. The van der Waals surface area contributed by atoms with Gasteiger partial charge in [-0.15, -0.1) is 10.2 Å². The quantitative estimate of drug-likeness (QED) is 0.636. The highest BCUT2D eigenvalue weighted by molar-refractivity contribution is 5.99. The first-order valence-corrected chi connectivity index (χ1v) is 6.73. The van der Waals surface area contributed by atoms with Crippen molar-refractivity contribution in [1.82, 2.24) is 21.4 Å². The lowest BCUT2D eigenvalue weighted by Gasteiger charge is -2.24. The van der Waals surface area contributed by atoms with Gasteiger partial charge in [0.15, 0.2) is 5.84 Å². The fraction of sp³-hybridized carbons (Fsp3) is 0.462. The van der Waals surface area contributed by atoms with Crippen LogP contribution in [0.3, 0.4) is 0 Å². The maximum absolute atomic E-state index is 4.19. The fourth-order valence-corrected chi connectivity index (χ4v) is 2.39. The Morgan fingerprint density at radius 3 is 2.58 bits per heavy atom. The minimum absolute atomic E-state index is 0.585. The van der Waals surface area contributed by atoms with Gasteiger partial charge in [-0.05, 0) is 50.2 Å². The van der Waals surface area contributed by atoms with Gasteiger partial charge in [-0.25, -0.2) is 5.53 Å². The van der Waals surface area contributed by atoms with Crippen LogP contribution < -0.4 is 21.6 Å². The average molecular weight is 260 g/mol. The number of hydrogen-bond acceptors (Lipinski definition) is 6. The molecule has 0 saturated carbocycles. The van der Waals surface area contributed by atoms with Gasteiger partial charge in [0.05, 0.1) is 0 Å². The maximum atomic E-state index is 4.19. The molecule has 2 heterocycles. The molecule has 0 aromatic heterocycles. The second kappa shape index (κ2) is 5.46. The number of nitrogens with zero attached hydrogens (tertiary/aromatic N) is 2. The number of anilines is 1. The van der Waals surface area contributed by atoms with Gasteiger partial charge in [0.1, 0.15) is 0 Å². The van der Waals surface area contributed by atoms with Crippen LogP contribution >= 0.6 is 0 Å². The zero-order valence-electron chi connectivity index (χ0n) is 11.1. The van der Waals surface area contributed by atoms with Crippen LogP contribution in [-0.4, -0.2) is 37.1 Å². The number of hydrazine groups is 2. The SMILES string of the molecule is CN1NN=C(c2ccc(NC3CCNCC3)cc2)N1. The summed E-state index contributed by atoms with van der Waals surface area (Å²) in [4.78, 5) is 0. The van der Waals surface area contributed by atoms with E-state index in [1.54, 1.807) is 5.12 Å². The normalized spacial score (nSPS) is 20.6. The first-order chi connectivity index (χ1) is 9.31. The molecule has 0 spiro atoms. The van der Waals surface area contributed by atoms with Crippen LogP contribution in [-0.2, 0) is 0 Å². The molecule has 6 nitrogen and oxygen atoms in total. The predicted octanol–water partition coefficient (Wildman–Crippen LogP) is 0.467. The van der Waals surface area contributed by atoms with Crippen LogP contribution in [0.5, 0.6) is 0 Å². The summed E-state index contributed by atoms with van der Waals surface area (Å²) >= 11 is 0. The van der Waals surface area contributed by atoms with Gasteiger partial charge in [0.2, 0.25) is 0 Å². The van der Waals surface area contributed by atoms with Crippen molar-refractivity contribution >= 4 is 11.5 Å². The second-order valence-corrected chi connectivity index (χ2v) is 4.98. The third kappa shape index (κ3) is 2.97. The van der Waals surface area contributed by atoms with Gasteiger partial charge in [0, 0.05) is 24.3 Å². The Kier molecular flexibility index (Phi) is 3.52. The Labute approximate surface area is 113 Å². The van der Waals surface area contributed by atoms with Crippen molar-refractivity contribution < 1.29 is 0 Å². The number of piperidine rings is 1. The third-order valence-electron chi connectivity index (χ3n) is 3.45. The van der Waals surface area contributed by atoms with E-state index in [4.69, 9.17) is 0 Å². The largest absolute Gasteiger partial charge is 0.382 e. The minimum Gasteiger partial charge on any atom is -0.382 e. The zero-order valence-corrected chi connectivity index (χ0v) is 11.1. The van der Waals surface area contributed by atoms with Crippen molar-refractivity contribution in [3.05, 3.63) is 29.8 Å². The smallest absolute Gasteiger partial charge is 0.170 e. The molecule has 0 unspecified atom stereocenters. The van der Waals surface area contributed by atoms with Gasteiger partial charge in [0.25, 0.3) is 0 Å². The molecule has 0 aliphatic carbocycles. The minimum atomic E-state index is 0.585. The fourth-order valence-electron chi connectivity index (χ4n) is 2.39.